The van der Waals surface area contributed by atoms with E-state index in [9.17, 15) is 14.4 Å². The number of urea groups is 1. The number of rotatable bonds is 5. The van der Waals surface area contributed by atoms with Crippen molar-refractivity contribution in [3.63, 3.8) is 0 Å². The van der Waals surface area contributed by atoms with E-state index in [1.165, 1.54) is 13.1 Å². The molecule has 0 aliphatic heterocycles. The van der Waals surface area contributed by atoms with Crippen LogP contribution in [0.1, 0.15) is 16.8 Å². The molecule has 0 atom stereocenters. The topological polar surface area (TPSA) is 108 Å². The van der Waals surface area contributed by atoms with Gasteiger partial charge in [0.15, 0.2) is 0 Å². The van der Waals surface area contributed by atoms with Gasteiger partial charge in [-0.1, -0.05) is 6.07 Å². The number of carbonyl (C=O) groups excluding carboxylic acids is 2. The highest BCUT2D eigenvalue weighted by Crippen LogP contribution is 2.26. The molecular weight excluding hydrogens is 330 g/mol. The molecular formula is C12H14BrN3O4. The fourth-order valence-corrected chi connectivity index (χ4v) is 1.87. The van der Waals surface area contributed by atoms with Crippen molar-refractivity contribution < 1.29 is 19.5 Å². The predicted octanol–water partition coefficient (Wildman–Crippen LogP) is 1.40. The molecule has 0 spiro atoms. The minimum atomic E-state index is -1.15. The average molecular weight is 344 g/mol. The van der Waals surface area contributed by atoms with Gasteiger partial charge in [0.05, 0.1) is 11.3 Å². The summed E-state index contributed by atoms with van der Waals surface area (Å²) >= 11 is 3.18. The summed E-state index contributed by atoms with van der Waals surface area (Å²) in [6.45, 7) is 0.151. The molecule has 1 rings (SSSR count). The third-order valence-corrected chi connectivity index (χ3v) is 3.06. The molecule has 0 saturated heterocycles. The first-order valence-electron chi connectivity index (χ1n) is 5.73. The lowest BCUT2D eigenvalue weighted by atomic mass is 10.2. The van der Waals surface area contributed by atoms with Gasteiger partial charge < -0.3 is 21.1 Å². The summed E-state index contributed by atoms with van der Waals surface area (Å²) in [4.78, 5) is 33.7. The number of aromatic carboxylic acids is 1. The molecule has 0 aliphatic rings. The number of amides is 3. The van der Waals surface area contributed by atoms with E-state index in [-0.39, 0.29) is 30.1 Å². The number of hydrogen-bond donors (Lipinski definition) is 4. The first-order valence-corrected chi connectivity index (χ1v) is 6.52. The van der Waals surface area contributed by atoms with Gasteiger partial charge >= 0.3 is 12.0 Å². The molecule has 0 unspecified atom stereocenters. The summed E-state index contributed by atoms with van der Waals surface area (Å²) in [5.74, 6) is -1.34. The van der Waals surface area contributed by atoms with Crippen LogP contribution in [0.2, 0.25) is 0 Å². The normalized spacial score (nSPS) is 9.70. The van der Waals surface area contributed by atoms with E-state index in [1.54, 1.807) is 12.1 Å². The summed E-state index contributed by atoms with van der Waals surface area (Å²) < 4.78 is 0.457. The molecule has 1 aromatic rings. The molecule has 0 radical (unpaired) electrons. The van der Waals surface area contributed by atoms with Gasteiger partial charge in [-0.05, 0) is 28.1 Å². The second kappa shape index (κ2) is 7.49. The van der Waals surface area contributed by atoms with Crippen molar-refractivity contribution in [3.8, 4) is 0 Å². The first kappa shape index (κ1) is 16.0. The third-order valence-electron chi connectivity index (χ3n) is 2.40. The number of hydrogen-bond acceptors (Lipinski definition) is 3. The lowest BCUT2D eigenvalue weighted by molar-refractivity contribution is -0.120. The Bertz CT molecular complexity index is 533. The lowest BCUT2D eigenvalue weighted by Crippen LogP contribution is -2.33. The number of carbonyl (C=O) groups is 3. The zero-order chi connectivity index (χ0) is 15.1. The van der Waals surface area contributed by atoms with E-state index in [0.29, 0.717) is 4.47 Å². The largest absolute Gasteiger partial charge is 0.478 e. The molecule has 8 heteroatoms. The van der Waals surface area contributed by atoms with Crippen molar-refractivity contribution in [1.29, 1.82) is 0 Å². The molecule has 0 aliphatic carbocycles. The van der Waals surface area contributed by atoms with Crippen molar-refractivity contribution in [2.45, 2.75) is 6.42 Å². The van der Waals surface area contributed by atoms with E-state index in [2.05, 4.69) is 31.9 Å². The van der Waals surface area contributed by atoms with Crippen LogP contribution in [-0.2, 0) is 4.79 Å². The van der Waals surface area contributed by atoms with Gasteiger partial charge in [0.1, 0.15) is 0 Å². The van der Waals surface area contributed by atoms with Gasteiger partial charge in [0.25, 0.3) is 0 Å². The van der Waals surface area contributed by atoms with E-state index < -0.39 is 12.0 Å². The molecule has 0 bridgehead atoms. The summed E-state index contributed by atoms with van der Waals surface area (Å²) in [6.07, 6.45) is 0.145. The molecule has 1 aromatic carbocycles. The van der Waals surface area contributed by atoms with Crippen molar-refractivity contribution in [2.24, 2.45) is 0 Å². The number of nitrogens with one attached hydrogen (secondary N) is 3. The second-order valence-corrected chi connectivity index (χ2v) is 4.63. The summed E-state index contributed by atoms with van der Waals surface area (Å²) in [6, 6.07) is 3.98. The Balaban J connectivity index is 2.66. The van der Waals surface area contributed by atoms with Crippen LogP contribution in [0, 0.1) is 0 Å². The highest BCUT2D eigenvalue weighted by Gasteiger charge is 2.15. The third kappa shape index (κ3) is 4.54. The Morgan fingerprint density at radius 1 is 1.30 bits per heavy atom. The summed E-state index contributed by atoms with van der Waals surface area (Å²) in [5.41, 5.74) is 0.137. The minimum Gasteiger partial charge on any atom is -0.478 e. The highest BCUT2D eigenvalue weighted by atomic mass is 79.9. The Kier molecular flexibility index (Phi) is 5.98. The van der Waals surface area contributed by atoms with E-state index >= 15 is 0 Å². The minimum absolute atomic E-state index is 0.0270. The smallest absolute Gasteiger partial charge is 0.337 e. The first-order chi connectivity index (χ1) is 9.45. The average Bonchev–Trinajstić information content (AvgIpc) is 2.40. The van der Waals surface area contributed by atoms with Crippen molar-refractivity contribution >= 4 is 39.5 Å². The second-order valence-electron chi connectivity index (χ2n) is 3.77. The molecule has 3 amide bonds. The number of halogens is 1. The quantitative estimate of drug-likeness (QED) is 0.648. The number of carboxylic acid groups (broad SMARTS) is 1. The Hall–Kier alpha value is -2.09. The van der Waals surface area contributed by atoms with Crippen LogP contribution in [0.4, 0.5) is 10.5 Å². The molecule has 20 heavy (non-hydrogen) atoms. The molecule has 4 N–H and O–H groups in total. The molecule has 7 nitrogen and oxygen atoms in total. The van der Waals surface area contributed by atoms with Crippen molar-refractivity contribution in [3.05, 3.63) is 28.2 Å². The maximum Gasteiger partial charge on any atom is 0.337 e. The predicted molar refractivity (Wildman–Crippen MR) is 76.8 cm³/mol. The van der Waals surface area contributed by atoms with Crippen LogP contribution in [-0.4, -0.2) is 36.6 Å². The van der Waals surface area contributed by atoms with Crippen LogP contribution in [0.15, 0.2) is 22.7 Å². The van der Waals surface area contributed by atoms with Crippen molar-refractivity contribution in [1.82, 2.24) is 10.6 Å². The van der Waals surface area contributed by atoms with Gasteiger partial charge in [-0.2, -0.15) is 0 Å². The molecule has 0 saturated carbocycles. The standard InChI is InChI=1S/C12H14BrN3O4/c1-14-9(17)5-6-15-12(20)16-10-7(11(18)19)3-2-4-8(10)13/h2-4H,5-6H2,1H3,(H,14,17)(H,18,19)(H2,15,16,20). The molecule has 0 fully saturated rings. The van der Waals surface area contributed by atoms with E-state index in [4.69, 9.17) is 5.11 Å². The maximum absolute atomic E-state index is 11.6. The SMILES string of the molecule is CNC(=O)CCNC(=O)Nc1c(Br)cccc1C(=O)O. The number of carboxylic acids is 1. The van der Waals surface area contributed by atoms with Gasteiger partial charge in [-0.3, -0.25) is 4.79 Å². The van der Waals surface area contributed by atoms with Crippen LogP contribution < -0.4 is 16.0 Å². The van der Waals surface area contributed by atoms with Gasteiger partial charge in [0, 0.05) is 24.5 Å². The van der Waals surface area contributed by atoms with Crippen LogP contribution in [0.5, 0.6) is 0 Å². The van der Waals surface area contributed by atoms with E-state index in [1.807, 2.05) is 0 Å². The van der Waals surface area contributed by atoms with Crippen LogP contribution >= 0.6 is 15.9 Å². The van der Waals surface area contributed by atoms with Crippen LogP contribution in [0.25, 0.3) is 0 Å². The fourth-order valence-electron chi connectivity index (χ4n) is 1.40. The number of para-hydroxylation sites is 1. The molecule has 108 valence electrons. The monoisotopic (exact) mass is 343 g/mol. The van der Waals surface area contributed by atoms with Crippen LogP contribution in [0.3, 0.4) is 0 Å². The summed E-state index contributed by atoms with van der Waals surface area (Å²) in [5, 5.41) is 16.4. The van der Waals surface area contributed by atoms with Gasteiger partial charge in [0.2, 0.25) is 5.91 Å². The Labute approximate surface area is 123 Å². The summed E-state index contributed by atoms with van der Waals surface area (Å²) in [7, 11) is 1.50. The van der Waals surface area contributed by atoms with E-state index in [0.717, 1.165) is 0 Å². The van der Waals surface area contributed by atoms with Crippen molar-refractivity contribution in [2.75, 3.05) is 18.9 Å². The fraction of sp³-hybridized carbons (Fsp3) is 0.250. The molecule has 0 heterocycles. The maximum atomic E-state index is 11.6. The van der Waals surface area contributed by atoms with Gasteiger partial charge in [-0.25, -0.2) is 9.59 Å². The number of anilines is 1. The number of benzene rings is 1. The highest BCUT2D eigenvalue weighted by molar-refractivity contribution is 9.10. The zero-order valence-electron chi connectivity index (χ0n) is 10.7. The lowest BCUT2D eigenvalue weighted by Gasteiger charge is -2.11. The van der Waals surface area contributed by atoms with Gasteiger partial charge in [-0.15, -0.1) is 0 Å². The molecule has 0 aromatic heterocycles. The zero-order valence-corrected chi connectivity index (χ0v) is 12.3. The Morgan fingerprint density at radius 3 is 2.60 bits per heavy atom. The Morgan fingerprint density at radius 2 is 2.00 bits per heavy atom.